The second kappa shape index (κ2) is 7.67. The number of benzene rings is 1. The van der Waals surface area contributed by atoms with E-state index in [0.717, 1.165) is 23.1 Å². The lowest BCUT2D eigenvalue weighted by atomic mass is 9.79. The molecule has 0 saturated heterocycles. The van der Waals surface area contributed by atoms with Gasteiger partial charge in [-0.2, -0.15) is 0 Å². The molecule has 2 fully saturated rings. The fourth-order valence-corrected chi connectivity index (χ4v) is 4.27. The highest BCUT2D eigenvalue weighted by Gasteiger charge is 2.31. The van der Waals surface area contributed by atoms with Crippen LogP contribution in [-0.4, -0.2) is 17.1 Å². The Morgan fingerprint density at radius 3 is 2.43 bits per heavy atom. The minimum atomic E-state index is -0.910. The van der Waals surface area contributed by atoms with E-state index in [1.807, 2.05) is 12.1 Å². The van der Waals surface area contributed by atoms with E-state index in [-0.39, 0.29) is 0 Å². The molecule has 1 aromatic carbocycles. The Hall–Kier alpha value is -1.77. The molecule has 0 aliphatic heterocycles. The molecular formula is C20H27NO2. The molecule has 3 rings (SSSR count). The summed E-state index contributed by atoms with van der Waals surface area (Å²) in [6.07, 6.45) is 14.0. The molecule has 3 nitrogen and oxygen atoms in total. The minimum absolute atomic E-state index is 0.599. The molecule has 2 saturated carbocycles. The van der Waals surface area contributed by atoms with E-state index in [1.54, 1.807) is 6.08 Å². The van der Waals surface area contributed by atoms with Crippen molar-refractivity contribution in [3.8, 4) is 0 Å². The number of nitrogens with one attached hydrogen (secondary N) is 1. The monoisotopic (exact) mass is 313 g/mol. The van der Waals surface area contributed by atoms with E-state index in [4.69, 9.17) is 5.11 Å². The quantitative estimate of drug-likeness (QED) is 0.757. The molecule has 2 unspecified atom stereocenters. The third-order valence-electron chi connectivity index (χ3n) is 5.49. The van der Waals surface area contributed by atoms with Crippen LogP contribution in [0.3, 0.4) is 0 Å². The van der Waals surface area contributed by atoms with Crippen LogP contribution >= 0.6 is 0 Å². The number of rotatable bonds is 5. The average Bonchev–Trinajstić information content (AvgIpc) is 3.03. The standard InChI is InChI=1S/C20H27NO2/c22-20(23)13-8-15-6-10-18(11-7-15)21-19-12-9-17(14-19)16-4-2-1-3-5-16/h6-8,10-11,13,16-17,19,21H,1-5,9,12,14H2,(H,22,23)/b13-8+. The van der Waals surface area contributed by atoms with Crippen molar-refractivity contribution in [2.24, 2.45) is 11.8 Å². The van der Waals surface area contributed by atoms with Crippen LogP contribution in [0.25, 0.3) is 6.08 Å². The van der Waals surface area contributed by atoms with Crippen molar-refractivity contribution >= 4 is 17.7 Å². The van der Waals surface area contributed by atoms with Crippen LogP contribution in [0, 0.1) is 11.8 Å². The zero-order valence-corrected chi connectivity index (χ0v) is 13.7. The van der Waals surface area contributed by atoms with E-state index >= 15 is 0 Å². The van der Waals surface area contributed by atoms with Gasteiger partial charge in [0.15, 0.2) is 0 Å². The van der Waals surface area contributed by atoms with E-state index in [2.05, 4.69) is 17.4 Å². The van der Waals surface area contributed by atoms with Crippen molar-refractivity contribution in [3.63, 3.8) is 0 Å². The minimum Gasteiger partial charge on any atom is -0.478 e. The Bertz CT molecular complexity index is 543. The van der Waals surface area contributed by atoms with Crippen LogP contribution in [0.4, 0.5) is 5.69 Å². The zero-order valence-electron chi connectivity index (χ0n) is 13.7. The molecule has 0 amide bonds. The summed E-state index contributed by atoms with van der Waals surface area (Å²) in [5, 5.41) is 12.3. The van der Waals surface area contributed by atoms with Gasteiger partial charge in [0.1, 0.15) is 0 Å². The molecule has 0 aromatic heterocycles. The van der Waals surface area contributed by atoms with Gasteiger partial charge in [-0.15, -0.1) is 0 Å². The smallest absolute Gasteiger partial charge is 0.328 e. The van der Waals surface area contributed by atoms with E-state index in [9.17, 15) is 4.79 Å². The van der Waals surface area contributed by atoms with Crippen LogP contribution in [0.1, 0.15) is 56.9 Å². The number of hydrogen-bond donors (Lipinski definition) is 2. The summed E-state index contributed by atoms with van der Waals surface area (Å²) in [7, 11) is 0. The van der Waals surface area contributed by atoms with E-state index < -0.39 is 5.97 Å². The molecule has 0 spiro atoms. The van der Waals surface area contributed by atoms with Crippen molar-refractivity contribution in [2.75, 3.05) is 5.32 Å². The second-order valence-corrected chi connectivity index (χ2v) is 7.11. The van der Waals surface area contributed by atoms with Gasteiger partial charge >= 0.3 is 5.97 Å². The van der Waals surface area contributed by atoms with Gasteiger partial charge in [-0.1, -0.05) is 44.2 Å². The molecule has 3 heteroatoms. The first-order valence-corrected chi connectivity index (χ1v) is 8.98. The average molecular weight is 313 g/mol. The summed E-state index contributed by atoms with van der Waals surface area (Å²) in [5.74, 6) is 0.983. The summed E-state index contributed by atoms with van der Waals surface area (Å²) in [4.78, 5) is 10.5. The Morgan fingerprint density at radius 1 is 1.00 bits per heavy atom. The zero-order chi connectivity index (χ0) is 16.1. The Morgan fingerprint density at radius 2 is 1.74 bits per heavy atom. The van der Waals surface area contributed by atoms with Gasteiger partial charge in [-0.25, -0.2) is 4.79 Å². The van der Waals surface area contributed by atoms with Crippen molar-refractivity contribution in [2.45, 2.75) is 57.4 Å². The van der Waals surface area contributed by atoms with Gasteiger partial charge in [0, 0.05) is 17.8 Å². The number of carbonyl (C=O) groups is 1. The molecule has 0 bridgehead atoms. The largest absolute Gasteiger partial charge is 0.478 e. The number of hydrogen-bond acceptors (Lipinski definition) is 2. The first kappa shape index (κ1) is 16.1. The SMILES string of the molecule is O=C(O)/C=C/c1ccc(NC2CCC(C3CCCCC3)C2)cc1. The van der Waals surface area contributed by atoms with Crippen molar-refractivity contribution < 1.29 is 9.90 Å². The molecule has 23 heavy (non-hydrogen) atoms. The molecule has 2 aliphatic rings. The second-order valence-electron chi connectivity index (χ2n) is 7.11. The highest BCUT2D eigenvalue weighted by Crippen LogP contribution is 2.40. The lowest BCUT2D eigenvalue weighted by Gasteiger charge is -2.27. The maximum atomic E-state index is 10.5. The summed E-state index contributed by atoms with van der Waals surface area (Å²) >= 11 is 0. The van der Waals surface area contributed by atoms with E-state index in [0.29, 0.717) is 6.04 Å². The van der Waals surface area contributed by atoms with Gasteiger partial charge in [-0.05, 0) is 54.9 Å². The third kappa shape index (κ3) is 4.60. The van der Waals surface area contributed by atoms with E-state index in [1.165, 1.54) is 57.4 Å². The fraction of sp³-hybridized carbons (Fsp3) is 0.550. The molecular weight excluding hydrogens is 286 g/mol. The van der Waals surface area contributed by atoms with Gasteiger partial charge in [0.05, 0.1) is 0 Å². The molecule has 2 atom stereocenters. The number of aliphatic carboxylic acids is 1. The van der Waals surface area contributed by atoms with Crippen molar-refractivity contribution in [1.82, 2.24) is 0 Å². The van der Waals surface area contributed by atoms with Crippen LogP contribution in [0.2, 0.25) is 0 Å². The molecule has 2 N–H and O–H groups in total. The number of anilines is 1. The number of carboxylic acids is 1. The third-order valence-corrected chi connectivity index (χ3v) is 5.49. The summed E-state index contributed by atoms with van der Waals surface area (Å²) in [6, 6.07) is 8.64. The van der Waals surface area contributed by atoms with Crippen LogP contribution < -0.4 is 5.32 Å². The van der Waals surface area contributed by atoms with Crippen molar-refractivity contribution in [1.29, 1.82) is 0 Å². The van der Waals surface area contributed by atoms with Crippen LogP contribution in [-0.2, 0) is 4.79 Å². The Labute approximate surface area is 138 Å². The van der Waals surface area contributed by atoms with Crippen molar-refractivity contribution in [3.05, 3.63) is 35.9 Å². The predicted molar refractivity (Wildman–Crippen MR) is 94.4 cm³/mol. The maximum Gasteiger partial charge on any atom is 0.328 e. The highest BCUT2D eigenvalue weighted by molar-refractivity contribution is 5.85. The molecule has 0 heterocycles. The predicted octanol–water partition coefficient (Wildman–Crippen LogP) is 4.95. The molecule has 124 valence electrons. The van der Waals surface area contributed by atoms with Gasteiger partial charge < -0.3 is 10.4 Å². The van der Waals surface area contributed by atoms with Crippen LogP contribution in [0.15, 0.2) is 30.3 Å². The molecule has 1 aromatic rings. The summed E-state index contributed by atoms with van der Waals surface area (Å²) in [5.41, 5.74) is 2.07. The summed E-state index contributed by atoms with van der Waals surface area (Å²) in [6.45, 7) is 0. The lowest BCUT2D eigenvalue weighted by Crippen LogP contribution is -2.19. The van der Waals surface area contributed by atoms with Gasteiger partial charge in [0.25, 0.3) is 0 Å². The fourth-order valence-electron chi connectivity index (χ4n) is 4.27. The number of carboxylic acid groups (broad SMARTS) is 1. The maximum absolute atomic E-state index is 10.5. The topological polar surface area (TPSA) is 49.3 Å². The normalized spacial score (nSPS) is 25.7. The lowest BCUT2D eigenvalue weighted by molar-refractivity contribution is -0.131. The first-order chi connectivity index (χ1) is 11.2. The van der Waals surface area contributed by atoms with Gasteiger partial charge in [-0.3, -0.25) is 0 Å². The Kier molecular flexibility index (Phi) is 5.37. The molecule has 0 radical (unpaired) electrons. The van der Waals surface area contributed by atoms with Crippen LogP contribution in [0.5, 0.6) is 0 Å². The Balaban J connectivity index is 1.50. The highest BCUT2D eigenvalue weighted by atomic mass is 16.4. The first-order valence-electron chi connectivity index (χ1n) is 8.98. The molecule has 2 aliphatic carbocycles. The summed E-state index contributed by atoms with van der Waals surface area (Å²) < 4.78 is 0. The van der Waals surface area contributed by atoms with Gasteiger partial charge in [0.2, 0.25) is 0 Å².